The Labute approximate surface area is 304 Å². The number of hydrogen-bond donors (Lipinski definition) is 4. The zero-order valence-electron chi connectivity index (χ0n) is 29.9. The van der Waals surface area contributed by atoms with Crippen molar-refractivity contribution in [2.75, 3.05) is 26.6 Å². The standard InChI is InChI=1S/C40H46N4O8/c1-29-15-30(2)18-33(17-29)21-51-39(43-25-41-27-45,35-11-7-5-8-12-35)23-49-37(47)38(48)50-24-40(44-26-42-28-46,36-13-9-6-10-14-36)52-22-34-19-31(3)16-32(4)20-34/h5-20,27-28,43-44H,21-26H2,1-4H3,(H,41,45)(H,42,46)/t39-,40-/m0/s1. The number of nitrogens with one attached hydrogen (secondary N) is 4. The Balaban J connectivity index is 1.56. The molecule has 4 aromatic carbocycles. The van der Waals surface area contributed by atoms with Crippen molar-refractivity contribution >= 4 is 24.8 Å². The third-order valence-electron chi connectivity index (χ3n) is 8.11. The first-order chi connectivity index (χ1) is 25.1. The van der Waals surface area contributed by atoms with Gasteiger partial charge < -0.3 is 29.6 Å². The second-order valence-corrected chi connectivity index (χ2v) is 12.5. The Morgan fingerprint density at radius 1 is 0.558 bits per heavy atom. The van der Waals surface area contributed by atoms with Crippen LogP contribution in [-0.4, -0.2) is 51.3 Å². The Morgan fingerprint density at radius 2 is 0.904 bits per heavy atom. The van der Waals surface area contributed by atoms with Gasteiger partial charge in [-0.1, -0.05) is 119 Å². The SMILES string of the molecule is Cc1cc(C)cc(CO[C@](COC(=O)C(=O)OC[C@](NCNC=O)(OCc2cc(C)cc(C)c2)c2ccccc2)(NCNC=O)c2ccccc2)c1. The fourth-order valence-corrected chi connectivity index (χ4v) is 5.88. The lowest BCUT2D eigenvalue weighted by Crippen LogP contribution is -2.53. The molecule has 52 heavy (non-hydrogen) atoms. The smallest absolute Gasteiger partial charge is 0.417 e. The molecule has 4 rings (SSSR count). The van der Waals surface area contributed by atoms with Gasteiger partial charge in [0.05, 0.1) is 26.6 Å². The Bertz CT molecular complexity index is 1620. The molecule has 12 nitrogen and oxygen atoms in total. The van der Waals surface area contributed by atoms with Gasteiger partial charge in [-0.15, -0.1) is 0 Å². The monoisotopic (exact) mass is 710 g/mol. The maximum absolute atomic E-state index is 13.3. The molecule has 12 heteroatoms. The summed E-state index contributed by atoms with van der Waals surface area (Å²) < 4.78 is 24.0. The van der Waals surface area contributed by atoms with Gasteiger partial charge in [0, 0.05) is 11.1 Å². The summed E-state index contributed by atoms with van der Waals surface area (Å²) >= 11 is 0. The molecule has 0 heterocycles. The molecule has 0 radical (unpaired) electrons. The van der Waals surface area contributed by atoms with Gasteiger partial charge in [0.25, 0.3) is 0 Å². The van der Waals surface area contributed by atoms with E-state index in [4.69, 9.17) is 18.9 Å². The van der Waals surface area contributed by atoms with Crippen LogP contribution in [0.4, 0.5) is 0 Å². The number of esters is 2. The number of hydrogen-bond acceptors (Lipinski definition) is 10. The predicted octanol–water partition coefficient (Wildman–Crippen LogP) is 4.03. The second kappa shape index (κ2) is 19.3. The van der Waals surface area contributed by atoms with Crippen LogP contribution in [0.5, 0.6) is 0 Å². The van der Waals surface area contributed by atoms with Crippen molar-refractivity contribution in [1.29, 1.82) is 0 Å². The molecule has 0 saturated carbocycles. The lowest BCUT2D eigenvalue weighted by Gasteiger charge is -2.35. The average molecular weight is 711 g/mol. The molecule has 2 amide bonds. The highest BCUT2D eigenvalue weighted by Crippen LogP contribution is 2.28. The van der Waals surface area contributed by atoms with E-state index in [9.17, 15) is 19.2 Å². The average Bonchev–Trinajstić information content (AvgIpc) is 3.13. The van der Waals surface area contributed by atoms with E-state index in [-0.39, 0.29) is 26.6 Å². The quantitative estimate of drug-likeness (QED) is 0.0348. The number of benzene rings is 4. The summed E-state index contributed by atoms with van der Waals surface area (Å²) in [7, 11) is 0. The van der Waals surface area contributed by atoms with Gasteiger partial charge in [0.1, 0.15) is 13.2 Å². The molecule has 0 saturated heterocycles. The molecule has 0 unspecified atom stereocenters. The normalized spacial score (nSPS) is 13.2. The van der Waals surface area contributed by atoms with Gasteiger partial charge in [0.2, 0.25) is 12.8 Å². The summed E-state index contributed by atoms with van der Waals surface area (Å²) in [5, 5.41) is 11.4. The minimum atomic E-state index is -1.48. The maximum Gasteiger partial charge on any atom is 0.417 e. The summed E-state index contributed by atoms with van der Waals surface area (Å²) in [6.07, 6.45) is 1.05. The molecule has 2 atom stereocenters. The Kier molecular flexibility index (Phi) is 14.6. The summed E-state index contributed by atoms with van der Waals surface area (Å²) in [6.45, 7) is 7.18. The molecule has 0 aromatic heterocycles. The van der Waals surface area contributed by atoms with Crippen LogP contribution in [0.3, 0.4) is 0 Å². The van der Waals surface area contributed by atoms with Gasteiger partial charge in [-0.05, 0) is 38.8 Å². The van der Waals surface area contributed by atoms with Crippen LogP contribution in [0.2, 0.25) is 0 Å². The van der Waals surface area contributed by atoms with E-state index >= 15 is 0 Å². The third-order valence-corrected chi connectivity index (χ3v) is 8.11. The van der Waals surface area contributed by atoms with E-state index in [0.29, 0.717) is 23.9 Å². The first kappa shape index (κ1) is 39.4. The van der Waals surface area contributed by atoms with Crippen molar-refractivity contribution in [3.8, 4) is 0 Å². The van der Waals surface area contributed by atoms with Gasteiger partial charge >= 0.3 is 11.9 Å². The fourth-order valence-electron chi connectivity index (χ4n) is 5.88. The summed E-state index contributed by atoms with van der Waals surface area (Å²) in [6, 6.07) is 30.0. The second-order valence-electron chi connectivity index (χ2n) is 12.5. The van der Waals surface area contributed by atoms with Crippen LogP contribution >= 0.6 is 0 Å². The minimum Gasteiger partial charge on any atom is -0.452 e. The Morgan fingerprint density at radius 3 is 1.23 bits per heavy atom. The lowest BCUT2D eigenvalue weighted by molar-refractivity contribution is -0.186. The molecule has 0 aliphatic heterocycles. The lowest BCUT2D eigenvalue weighted by atomic mass is 10.0. The summed E-state index contributed by atoms with van der Waals surface area (Å²) in [5.41, 5.74) is 4.18. The predicted molar refractivity (Wildman–Crippen MR) is 194 cm³/mol. The molecule has 0 aliphatic carbocycles. The number of aryl methyl sites for hydroxylation is 4. The topological polar surface area (TPSA) is 153 Å². The van der Waals surface area contributed by atoms with Crippen molar-refractivity contribution in [3.63, 3.8) is 0 Å². The molecule has 0 aliphatic rings. The van der Waals surface area contributed by atoms with Crippen molar-refractivity contribution < 1.29 is 38.1 Å². The van der Waals surface area contributed by atoms with Gasteiger partial charge in [-0.2, -0.15) is 0 Å². The molecule has 0 fully saturated rings. The third kappa shape index (κ3) is 11.3. The summed E-state index contributed by atoms with van der Waals surface area (Å²) in [5.74, 6) is -2.55. The van der Waals surface area contributed by atoms with E-state index in [1.54, 1.807) is 48.5 Å². The van der Waals surface area contributed by atoms with Crippen LogP contribution < -0.4 is 21.3 Å². The zero-order valence-corrected chi connectivity index (χ0v) is 29.9. The maximum atomic E-state index is 13.3. The molecular formula is C40H46N4O8. The van der Waals surface area contributed by atoms with E-state index in [1.807, 2.05) is 76.2 Å². The Hall–Kier alpha value is -5.40. The van der Waals surface area contributed by atoms with Crippen molar-refractivity contribution in [3.05, 3.63) is 142 Å². The largest absolute Gasteiger partial charge is 0.452 e. The number of ether oxygens (including phenoxy) is 4. The van der Waals surface area contributed by atoms with Crippen molar-refractivity contribution in [2.45, 2.75) is 52.4 Å². The van der Waals surface area contributed by atoms with E-state index in [0.717, 1.165) is 33.4 Å². The number of rotatable bonds is 20. The van der Waals surface area contributed by atoms with Crippen LogP contribution in [0.15, 0.2) is 97.1 Å². The van der Waals surface area contributed by atoms with E-state index in [2.05, 4.69) is 21.3 Å². The van der Waals surface area contributed by atoms with Crippen LogP contribution in [0, 0.1) is 27.7 Å². The first-order valence-corrected chi connectivity index (χ1v) is 16.8. The highest BCUT2D eigenvalue weighted by molar-refractivity contribution is 6.29. The highest BCUT2D eigenvalue weighted by Gasteiger charge is 2.38. The van der Waals surface area contributed by atoms with Gasteiger partial charge in [-0.25, -0.2) is 9.59 Å². The first-order valence-electron chi connectivity index (χ1n) is 16.8. The van der Waals surface area contributed by atoms with E-state index < -0.39 is 36.6 Å². The summed E-state index contributed by atoms with van der Waals surface area (Å²) in [4.78, 5) is 48.9. The molecule has 4 N–H and O–H groups in total. The van der Waals surface area contributed by atoms with Crippen molar-refractivity contribution in [2.24, 2.45) is 0 Å². The molecule has 274 valence electrons. The number of carbonyl (C=O) groups is 4. The molecule has 0 bridgehead atoms. The zero-order chi connectivity index (χ0) is 37.4. The van der Waals surface area contributed by atoms with Crippen LogP contribution in [0.1, 0.15) is 44.5 Å². The number of carbonyl (C=O) groups excluding carboxylic acids is 4. The van der Waals surface area contributed by atoms with Gasteiger partial charge in [0.15, 0.2) is 11.4 Å². The van der Waals surface area contributed by atoms with Gasteiger partial charge in [-0.3, -0.25) is 20.2 Å². The number of amides is 2. The van der Waals surface area contributed by atoms with Crippen LogP contribution in [-0.2, 0) is 62.8 Å². The molecule has 0 spiro atoms. The van der Waals surface area contributed by atoms with E-state index in [1.165, 1.54) is 0 Å². The molecule has 4 aromatic rings. The highest BCUT2D eigenvalue weighted by atomic mass is 16.6. The minimum absolute atomic E-state index is 0.0366. The fraction of sp³-hybridized carbons (Fsp3) is 0.300. The molecular weight excluding hydrogens is 664 g/mol. The van der Waals surface area contributed by atoms with Crippen molar-refractivity contribution in [1.82, 2.24) is 21.3 Å². The van der Waals surface area contributed by atoms with Crippen LogP contribution in [0.25, 0.3) is 0 Å².